The highest BCUT2D eigenvalue weighted by Gasteiger charge is 2.15. The Balaban J connectivity index is 1.85. The zero-order chi connectivity index (χ0) is 17.8. The molecule has 0 atom stereocenters. The SMILES string of the molecule is COC(=O)Cn1cnc2c(NC(=O)c3ccc(OC)cc3)ncnc21. The van der Waals surface area contributed by atoms with Gasteiger partial charge in [-0.2, -0.15) is 0 Å². The van der Waals surface area contributed by atoms with Gasteiger partial charge in [-0.15, -0.1) is 0 Å². The number of hydrogen-bond acceptors (Lipinski definition) is 7. The second-order valence-corrected chi connectivity index (χ2v) is 5.03. The number of rotatable bonds is 5. The molecule has 0 radical (unpaired) electrons. The molecule has 2 aromatic heterocycles. The minimum Gasteiger partial charge on any atom is -0.497 e. The average molecular weight is 341 g/mol. The molecule has 3 aromatic rings. The van der Waals surface area contributed by atoms with Gasteiger partial charge in [-0.05, 0) is 24.3 Å². The highest BCUT2D eigenvalue weighted by molar-refractivity contribution is 6.06. The topological polar surface area (TPSA) is 108 Å². The summed E-state index contributed by atoms with van der Waals surface area (Å²) in [5.41, 5.74) is 1.25. The Morgan fingerprint density at radius 1 is 1.12 bits per heavy atom. The van der Waals surface area contributed by atoms with E-state index in [1.165, 1.54) is 24.3 Å². The van der Waals surface area contributed by atoms with Crippen LogP contribution in [0.15, 0.2) is 36.9 Å². The van der Waals surface area contributed by atoms with Crippen LogP contribution in [-0.2, 0) is 16.1 Å². The number of carbonyl (C=O) groups excluding carboxylic acids is 2. The van der Waals surface area contributed by atoms with Gasteiger partial charge in [-0.3, -0.25) is 9.59 Å². The molecule has 0 saturated carbocycles. The number of esters is 1. The summed E-state index contributed by atoms with van der Waals surface area (Å²) in [5, 5.41) is 2.70. The maximum Gasteiger partial charge on any atom is 0.325 e. The zero-order valence-corrected chi connectivity index (χ0v) is 13.6. The van der Waals surface area contributed by atoms with E-state index in [0.717, 1.165) is 0 Å². The number of amides is 1. The molecule has 1 amide bonds. The van der Waals surface area contributed by atoms with Gasteiger partial charge in [0.25, 0.3) is 5.91 Å². The molecule has 128 valence electrons. The van der Waals surface area contributed by atoms with Crippen LogP contribution < -0.4 is 10.1 Å². The number of imidazole rings is 1. The molecule has 0 fully saturated rings. The van der Waals surface area contributed by atoms with E-state index in [9.17, 15) is 9.59 Å². The van der Waals surface area contributed by atoms with E-state index in [4.69, 9.17) is 4.74 Å². The lowest BCUT2D eigenvalue weighted by Gasteiger charge is -2.06. The number of hydrogen-bond donors (Lipinski definition) is 1. The van der Waals surface area contributed by atoms with E-state index in [0.29, 0.717) is 22.5 Å². The zero-order valence-electron chi connectivity index (χ0n) is 13.6. The second kappa shape index (κ2) is 6.95. The summed E-state index contributed by atoms with van der Waals surface area (Å²) >= 11 is 0. The minimum atomic E-state index is -0.429. The van der Waals surface area contributed by atoms with Crippen LogP contribution in [0, 0.1) is 0 Å². The third-order valence-electron chi connectivity index (χ3n) is 3.51. The molecule has 25 heavy (non-hydrogen) atoms. The minimum absolute atomic E-state index is 0.0319. The molecule has 0 saturated heterocycles. The molecule has 0 aliphatic heterocycles. The standard InChI is InChI=1S/C16H15N5O4/c1-24-11-5-3-10(4-6-11)16(23)20-14-13-15(18-8-17-14)21(9-19-13)7-12(22)25-2/h3-6,8-9H,7H2,1-2H3,(H,17,18,20,23). The second-order valence-electron chi connectivity index (χ2n) is 5.03. The van der Waals surface area contributed by atoms with E-state index in [2.05, 4.69) is 25.0 Å². The summed E-state index contributed by atoms with van der Waals surface area (Å²) in [4.78, 5) is 36.1. The van der Waals surface area contributed by atoms with Crippen molar-refractivity contribution in [3.8, 4) is 5.75 Å². The maximum atomic E-state index is 12.4. The van der Waals surface area contributed by atoms with Crippen molar-refractivity contribution in [2.45, 2.75) is 6.54 Å². The van der Waals surface area contributed by atoms with Crippen molar-refractivity contribution in [1.29, 1.82) is 0 Å². The fraction of sp³-hybridized carbons (Fsp3) is 0.188. The molecular weight excluding hydrogens is 326 g/mol. The number of aromatic nitrogens is 4. The summed E-state index contributed by atoms with van der Waals surface area (Å²) in [6.45, 7) is -0.0319. The van der Waals surface area contributed by atoms with Crippen molar-refractivity contribution in [3.63, 3.8) is 0 Å². The van der Waals surface area contributed by atoms with Gasteiger partial charge in [0.15, 0.2) is 17.0 Å². The summed E-state index contributed by atoms with van der Waals surface area (Å²) in [7, 11) is 2.86. The molecule has 1 aromatic carbocycles. The van der Waals surface area contributed by atoms with Crippen LogP contribution >= 0.6 is 0 Å². The van der Waals surface area contributed by atoms with Crippen LogP contribution in [-0.4, -0.2) is 45.6 Å². The molecule has 0 unspecified atom stereocenters. The molecule has 3 rings (SSSR count). The Labute approximate surface area is 142 Å². The predicted molar refractivity (Wildman–Crippen MR) is 88.3 cm³/mol. The van der Waals surface area contributed by atoms with Crippen LogP contribution in [0.4, 0.5) is 5.82 Å². The van der Waals surface area contributed by atoms with Crippen molar-refractivity contribution in [1.82, 2.24) is 19.5 Å². The first-order chi connectivity index (χ1) is 12.1. The van der Waals surface area contributed by atoms with Gasteiger partial charge >= 0.3 is 5.97 Å². The molecule has 0 bridgehead atoms. The van der Waals surface area contributed by atoms with Gasteiger partial charge in [0.05, 0.1) is 20.5 Å². The Morgan fingerprint density at radius 2 is 1.88 bits per heavy atom. The monoisotopic (exact) mass is 341 g/mol. The van der Waals surface area contributed by atoms with Gasteiger partial charge in [-0.25, -0.2) is 15.0 Å². The molecule has 0 aliphatic carbocycles. The van der Waals surface area contributed by atoms with Gasteiger partial charge in [0.2, 0.25) is 0 Å². The highest BCUT2D eigenvalue weighted by Crippen LogP contribution is 2.19. The predicted octanol–water partition coefficient (Wildman–Crippen LogP) is 1.26. The number of benzene rings is 1. The highest BCUT2D eigenvalue weighted by atomic mass is 16.5. The summed E-state index contributed by atoms with van der Waals surface area (Å²) in [6, 6.07) is 6.66. The molecular formula is C16H15N5O4. The Kier molecular flexibility index (Phi) is 4.55. The molecule has 0 spiro atoms. The van der Waals surface area contributed by atoms with Crippen LogP contribution in [0.3, 0.4) is 0 Å². The summed E-state index contributed by atoms with van der Waals surface area (Å²) < 4.78 is 11.2. The van der Waals surface area contributed by atoms with E-state index < -0.39 is 5.97 Å². The van der Waals surface area contributed by atoms with Crippen LogP contribution in [0.2, 0.25) is 0 Å². The van der Waals surface area contributed by atoms with Crippen LogP contribution in [0.1, 0.15) is 10.4 Å². The number of fused-ring (bicyclic) bond motifs is 1. The lowest BCUT2D eigenvalue weighted by molar-refractivity contribution is -0.141. The van der Waals surface area contributed by atoms with Gasteiger partial charge in [0, 0.05) is 5.56 Å². The third-order valence-corrected chi connectivity index (χ3v) is 3.51. The van der Waals surface area contributed by atoms with Gasteiger partial charge in [0.1, 0.15) is 18.6 Å². The van der Waals surface area contributed by atoms with Gasteiger partial charge < -0.3 is 19.4 Å². The fourth-order valence-electron chi connectivity index (χ4n) is 2.21. The van der Waals surface area contributed by atoms with E-state index in [1.54, 1.807) is 31.4 Å². The first kappa shape index (κ1) is 16.4. The molecule has 9 heteroatoms. The lowest BCUT2D eigenvalue weighted by Crippen LogP contribution is -2.14. The van der Waals surface area contributed by atoms with Crippen LogP contribution in [0.25, 0.3) is 11.2 Å². The van der Waals surface area contributed by atoms with Crippen molar-refractivity contribution >= 4 is 28.9 Å². The van der Waals surface area contributed by atoms with Crippen molar-refractivity contribution < 1.29 is 19.1 Å². The number of nitrogens with zero attached hydrogens (tertiary/aromatic N) is 4. The van der Waals surface area contributed by atoms with Crippen LogP contribution in [0.5, 0.6) is 5.75 Å². The quantitative estimate of drug-likeness (QED) is 0.696. The number of nitrogens with one attached hydrogen (secondary N) is 1. The number of ether oxygens (including phenoxy) is 2. The molecule has 1 N–H and O–H groups in total. The first-order valence-corrected chi connectivity index (χ1v) is 7.30. The Morgan fingerprint density at radius 3 is 2.56 bits per heavy atom. The molecule has 0 aliphatic rings. The Hall–Kier alpha value is -3.49. The van der Waals surface area contributed by atoms with Crippen molar-refractivity contribution in [2.24, 2.45) is 0 Å². The van der Waals surface area contributed by atoms with E-state index in [-0.39, 0.29) is 18.3 Å². The van der Waals surface area contributed by atoms with Crippen molar-refractivity contribution in [3.05, 3.63) is 42.5 Å². The first-order valence-electron chi connectivity index (χ1n) is 7.30. The largest absolute Gasteiger partial charge is 0.497 e. The number of anilines is 1. The van der Waals surface area contributed by atoms with Crippen molar-refractivity contribution in [2.75, 3.05) is 19.5 Å². The maximum absolute atomic E-state index is 12.4. The van der Waals surface area contributed by atoms with E-state index >= 15 is 0 Å². The average Bonchev–Trinajstić information content (AvgIpc) is 3.05. The summed E-state index contributed by atoms with van der Waals surface area (Å²) in [6.07, 6.45) is 2.74. The van der Waals surface area contributed by atoms with Gasteiger partial charge in [-0.1, -0.05) is 0 Å². The third kappa shape index (κ3) is 3.39. The smallest absolute Gasteiger partial charge is 0.325 e. The lowest BCUT2D eigenvalue weighted by atomic mass is 10.2. The number of carbonyl (C=O) groups is 2. The molecule has 2 heterocycles. The normalized spacial score (nSPS) is 10.5. The molecule has 9 nitrogen and oxygen atoms in total. The Bertz CT molecular complexity index is 920. The fourth-order valence-corrected chi connectivity index (χ4v) is 2.21. The number of methoxy groups -OCH3 is 2. The summed E-state index contributed by atoms with van der Waals surface area (Å²) in [5.74, 6) is 0.142. The van der Waals surface area contributed by atoms with E-state index in [1.807, 2.05) is 0 Å².